The fourth-order valence-corrected chi connectivity index (χ4v) is 3.52. The average Bonchev–Trinajstić information content (AvgIpc) is 3.13. The van der Waals surface area contributed by atoms with E-state index in [1.807, 2.05) is 36.5 Å². The zero-order valence-corrected chi connectivity index (χ0v) is 13.1. The van der Waals surface area contributed by atoms with Crippen molar-refractivity contribution in [3.8, 4) is 10.6 Å². The second-order valence-corrected chi connectivity index (χ2v) is 6.47. The van der Waals surface area contributed by atoms with Gasteiger partial charge in [-0.3, -0.25) is 10.2 Å². The number of nitrogens with one attached hydrogen (secondary N) is 1. The number of carbonyl (C=O) groups excluding carboxylic acids is 1. The van der Waals surface area contributed by atoms with Crippen LogP contribution in [-0.2, 0) is 0 Å². The SMILES string of the molecule is CN(C)c1nc2nc(-c3cccs3)cc(C(=O)NN)c2s1. The number of thiophene rings is 1. The van der Waals surface area contributed by atoms with Gasteiger partial charge in [-0.15, -0.1) is 11.3 Å². The van der Waals surface area contributed by atoms with Gasteiger partial charge in [-0.05, 0) is 17.5 Å². The van der Waals surface area contributed by atoms with E-state index in [-0.39, 0.29) is 5.91 Å². The molecule has 0 spiro atoms. The number of hydrogen-bond donors (Lipinski definition) is 2. The number of nitrogens with two attached hydrogens (primary N) is 1. The molecular weight excluding hydrogens is 306 g/mol. The molecule has 0 fully saturated rings. The molecule has 8 heteroatoms. The lowest BCUT2D eigenvalue weighted by molar-refractivity contribution is 0.0955. The smallest absolute Gasteiger partial charge is 0.266 e. The Hall–Kier alpha value is -2.03. The minimum atomic E-state index is -0.339. The number of amides is 1. The van der Waals surface area contributed by atoms with E-state index >= 15 is 0 Å². The van der Waals surface area contributed by atoms with Crippen LogP contribution in [0.25, 0.3) is 20.9 Å². The highest BCUT2D eigenvalue weighted by molar-refractivity contribution is 7.22. The zero-order valence-electron chi connectivity index (χ0n) is 11.5. The number of aromatic nitrogens is 2. The number of carbonyl (C=O) groups is 1. The number of anilines is 1. The maximum absolute atomic E-state index is 12.0. The van der Waals surface area contributed by atoms with Crippen LogP contribution in [0.2, 0.25) is 0 Å². The Morgan fingerprint density at radius 1 is 1.38 bits per heavy atom. The maximum atomic E-state index is 12.0. The Bertz CT molecular complexity index is 794. The first-order valence-electron chi connectivity index (χ1n) is 6.14. The molecule has 0 bridgehead atoms. The zero-order chi connectivity index (χ0) is 15.0. The summed E-state index contributed by atoms with van der Waals surface area (Å²) in [7, 11) is 3.81. The second kappa shape index (κ2) is 5.40. The molecule has 1 amide bonds. The first-order valence-corrected chi connectivity index (χ1v) is 7.83. The average molecular weight is 319 g/mol. The third-order valence-electron chi connectivity index (χ3n) is 2.88. The van der Waals surface area contributed by atoms with Crippen LogP contribution in [0.1, 0.15) is 10.4 Å². The highest BCUT2D eigenvalue weighted by Gasteiger charge is 2.18. The van der Waals surface area contributed by atoms with Gasteiger partial charge in [0.2, 0.25) is 0 Å². The number of rotatable bonds is 3. The fraction of sp³-hybridized carbons (Fsp3) is 0.154. The molecule has 0 aliphatic carbocycles. The molecule has 3 heterocycles. The van der Waals surface area contributed by atoms with Crippen LogP contribution in [0.15, 0.2) is 23.6 Å². The van der Waals surface area contributed by atoms with Crippen LogP contribution in [0.3, 0.4) is 0 Å². The van der Waals surface area contributed by atoms with Crippen LogP contribution < -0.4 is 16.2 Å². The normalized spacial score (nSPS) is 10.8. The Balaban J connectivity index is 2.26. The Morgan fingerprint density at radius 3 is 2.81 bits per heavy atom. The van der Waals surface area contributed by atoms with E-state index < -0.39 is 0 Å². The van der Waals surface area contributed by atoms with Crippen molar-refractivity contribution in [1.29, 1.82) is 0 Å². The van der Waals surface area contributed by atoms with Gasteiger partial charge < -0.3 is 4.90 Å². The predicted molar refractivity (Wildman–Crippen MR) is 86.7 cm³/mol. The van der Waals surface area contributed by atoms with E-state index in [9.17, 15) is 4.79 Å². The van der Waals surface area contributed by atoms with Gasteiger partial charge in [-0.25, -0.2) is 10.8 Å². The summed E-state index contributed by atoms with van der Waals surface area (Å²) in [5.41, 5.74) is 3.97. The molecule has 0 radical (unpaired) electrons. The lowest BCUT2D eigenvalue weighted by Crippen LogP contribution is -2.30. The van der Waals surface area contributed by atoms with Gasteiger partial charge in [0, 0.05) is 14.1 Å². The third-order valence-corrected chi connectivity index (χ3v) is 5.02. The molecule has 3 N–H and O–H groups in total. The highest BCUT2D eigenvalue weighted by Crippen LogP contribution is 2.33. The van der Waals surface area contributed by atoms with E-state index in [0.29, 0.717) is 11.2 Å². The maximum Gasteiger partial charge on any atom is 0.266 e. The van der Waals surface area contributed by atoms with Crippen molar-refractivity contribution in [3.05, 3.63) is 29.1 Å². The number of thiazole rings is 1. The van der Waals surface area contributed by atoms with Crippen molar-refractivity contribution >= 4 is 44.1 Å². The van der Waals surface area contributed by atoms with Crippen molar-refractivity contribution in [1.82, 2.24) is 15.4 Å². The lowest BCUT2D eigenvalue weighted by Gasteiger charge is -2.04. The van der Waals surface area contributed by atoms with E-state index in [1.54, 1.807) is 17.4 Å². The second-order valence-electron chi connectivity index (χ2n) is 4.55. The topological polar surface area (TPSA) is 84.1 Å². The van der Waals surface area contributed by atoms with E-state index in [4.69, 9.17) is 5.84 Å². The molecule has 108 valence electrons. The molecule has 3 aromatic heterocycles. The largest absolute Gasteiger partial charge is 0.354 e. The van der Waals surface area contributed by atoms with E-state index in [1.165, 1.54) is 11.3 Å². The number of hydrogen-bond acceptors (Lipinski definition) is 7. The highest BCUT2D eigenvalue weighted by atomic mass is 32.1. The van der Waals surface area contributed by atoms with E-state index in [0.717, 1.165) is 20.4 Å². The van der Waals surface area contributed by atoms with Crippen molar-refractivity contribution in [2.24, 2.45) is 5.84 Å². The number of pyridine rings is 1. The summed E-state index contributed by atoms with van der Waals surface area (Å²) in [6, 6.07) is 5.66. The monoisotopic (exact) mass is 319 g/mol. The van der Waals surface area contributed by atoms with Crippen LogP contribution in [-0.4, -0.2) is 30.0 Å². The summed E-state index contributed by atoms with van der Waals surface area (Å²) in [6.45, 7) is 0. The van der Waals surface area contributed by atoms with Crippen molar-refractivity contribution in [2.45, 2.75) is 0 Å². The van der Waals surface area contributed by atoms with E-state index in [2.05, 4.69) is 15.4 Å². The standard InChI is InChI=1S/C13H13N5OS2/c1-18(2)13-16-11-10(21-13)7(12(19)17-14)6-8(15-11)9-4-3-5-20-9/h3-6H,14H2,1-2H3,(H,17,19). The van der Waals surface area contributed by atoms with Gasteiger partial charge in [-0.2, -0.15) is 4.98 Å². The van der Waals surface area contributed by atoms with Gasteiger partial charge in [0.25, 0.3) is 5.91 Å². The fourth-order valence-electron chi connectivity index (χ4n) is 1.89. The molecule has 0 aliphatic heterocycles. The van der Waals surface area contributed by atoms with Crippen LogP contribution in [0.4, 0.5) is 5.13 Å². The summed E-state index contributed by atoms with van der Waals surface area (Å²) in [5.74, 6) is 4.95. The molecule has 0 unspecified atom stereocenters. The Morgan fingerprint density at radius 2 is 2.19 bits per heavy atom. The van der Waals surface area contributed by atoms with Gasteiger partial charge >= 0.3 is 0 Å². The first kappa shape index (κ1) is 13.9. The molecule has 3 rings (SSSR count). The minimum Gasteiger partial charge on any atom is -0.354 e. The van der Waals surface area contributed by atoms with Crippen molar-refractivity contribution < 1.29 is 4.79 Å². The van der Waals surface area contributed by atoms with Crippen LogP contribution in [0.5, 0.6) is 0 Å². The third kappa shape index (κ3) is 2.48. The molecule has 21 heavy (non-hydrogen) atoms. The molecule has 0 aromatic carbocycles. The summed E-state index contributed by atoms with van der Waals surface area (Å²) in [6.07, 6.45) is 0. The molecule has 6 nitrogen and oxygen atoms in total. The molecule has 0 atom stereocenters. The predicted octanol–water partition coefficient (Wildman–Crippen LogP) is 2.09. The van der Waals surface area contributed by atoms with Gasteiger partial charge in [0.15, 0.2) is 10.8 Å². The van der Waals surface area contributed by atoms with Crippen LogP contribution >= 0.6 is 22.7 Å². The lowest BCUT2D eigenvalue weighted by atomic mass is 10.2. The number of hydrazine groups is 1. The van der Waals surface area contributed by atoms with Crippen molar-refractivity contribution in [2.75, 3.05) is 19.0 Å². The summed E-state index contributed by atoms with van der Waals surface area (Å²) < 4.78 is 0.738. The van der Waals surface area contributed by atoms with Crippen LogP contribution in [0, 0.1) is 0 Å². The molecule has 0 saturated carbocycles. The van der Waals surface area contributed by atoms with Crippen molar-refractivity contribution in [3.63, 3.8) is 0 Å². The van der Waals surface area contributed by atoms with Gasteiger partial charge in [-0.1, -0.05) is 17.4 Å². The minimum absolute atomic E-state index is 0.339. The summed E-state index contributed by atoms with van der Waals surface area (Å²) in [4.78, 5) is 23.9. The van der Waals surface area contributed by atoms with Gasteiger partial charge in [0.05, 0.1) is 20.8 Å². The van der Waals surface area contributed by atoms with Gasteiger partial charge in [0.1, 0.15) is 0 Å². The number of nitrogens with zero attached hydrogens (tertiary/aromatic N) is 3. The number of fused-ring (bicyclic) bond motifs is 1. The molecular formula is C13H13N5OS2. The Labute approximate surface area is 129 Å². The molecule has 3 aromatic rings. The molecule has 0 saturated heterocycles. The summed E-state index contributed by atoms with van der Waals surface area (Å²) >= 11 is 2.99. The number of nitrogen functional groups attached to an aromatic ring is 1. The summed E-state index contributed by atoms with van der Waals surface area (Å²) in [5, 5.41) is 2.77. The molecule has 0 aliphatic rings. The Kier molecular flexibility index (Phi) is 3.58. The quantitative estimate of drug-likeness (QED) is 0.439. The first-order chi connectivity index (χ1) is 10.1.